The van der Waals surface area contributed by atoms with E-state index in [4.69, 9.17) is 4.74 Å². The Kier molecular flexibility index (Phi) is 7.29. The summed E-state index contributed by atoms with van der Waals surface area (Å²) in [6.45, 7) is 5.63. The first kappa shape index (κ1) is 26.4. The molecule has 6 nitrogen and oxygen atoms in total. The van der Waals surface area contributed by atoms with Crippen LogP contribution in [0.25, 0.3) is 0 Å². The third-order valence-electron chi connectivity index (χ3n) is 7.33. The van der Waals surface area contributed by atoms with E-state index >= 15 is 0 Å². The Balaban J connectivity index is 0.00000353. The molecule has 0 radical (unpaired) electrons. The predicted molar refractivity (Wildman–Crippen MR) is 147 cm³/mol. The van der Waals surface area contributed by atoms with Crippen LogP contribution in [-0.4, -0.2) is 44.7 Å². The third-order valence-corrected chi connectivity index (χ3v) is 8.59. The summed E-state index contributed by atoms with van der Waals surface area (Å²) in [4.78, 5) is 14.9. The zero-order chi connectivity index (χ0) is 26.9. The lowest BCUT2D eigenvalue weighted by molar-refractivity contribution is -0.0379. The fourth-order valence-corrected chi connectivity index (χ4v) is 5.73. The monoisotopic (exact) mass is 538 g/mol. The molecule has 202 valence electrons. The zero-order valence-corrected chi connectivity index (χ0v) is 22.5. The minimum absolute atomic E-state index is 0. The van der Waals surface area contributed by atoms with E-state index in [9.17, 15) is 17.6 Å². The van der Waals surface area contributed by atoms with Crippen molar-refractivity contribution in [3.63, 3.8) is 0 Å². The van der Waals surface area contributed by atoms with Gasteiger partial charge in [0.1, 0.15) is 11.6 Å². The van der Waals surface area contributed by atoms with Crippen LogP contribution in [0.3, 0.4) is 0 Å². The molecule has 8 heteroatoms. The minimum atomic E-state index is -3.79. The molecule has 1 aliphatic heterocycles. The first-order chi connectivity index (χ1) is 18.2. The molecule has 0 unspecified atom stereocenters. The lowest BCUT2D eigenvalue weighted by atomic mass is 9.79. The van der Waals surface area contributed by atoms with Gasteiger partial charge in [-0.05, 0) is 48.4 Å². The Morgan fingerprint density at radius 1 is 1.08 bits per heavy atom. The molecular weight excluding hydrogens is 503 g/mol. The average molecular weight is 539 g/mol. The average Bonchev–Trinajstić information content (AvgIpc) is 3.73. The van der Waals surface area contributed by atoms with Gasteiger partial charge in [-0.25, -0.2) is 17.5 Å². The highest BCUT2D eigenvalue weighted by Gasteiger charge is 2.43. The number of rotatable bonds is 10. The van der Waals surface area contributed by atoms with Gasteiger partial charge in [0.15, 0.2) is 0 Å². The molecule has 0 atom stereocenters. The largest absolute Gasteiger partial charge is 0.493 e. The summed E-state index contributed by atoms with van der Waals surface area (Å²) in [5, 5.41) is 0. The summed E-state index contributed by atoms with van der Waals surface area (Å²) < 4.78 is 46.7. The first-order valence-electron chi connectivity index (χ1n) is 13.0. The maximum Gasteiger partial charge on any atom is 0.267 e. The number of hydrogen-bond acceptors (Lipinski definition) is 5. The van der Waals surface area contributed by atoms with E-state index in [2.05, 4.69) is 60.4 Å². The summed E-state index contributed by atoms with van der Waals surface area (Å²) in [7, 11) is -3.79. The second kappa shape index (κ2) is 10.5. The van der Waals surface area contributed by atoms with E-state index in [0.717, 1.165) is 31.5 Å². The maximum atomic E-state index is 15.0. The van der Waals surface area contributed by atoms with Gasteiger partial charge in [-0.1, -0.05) is 67.6 Å². The van der Waals surface area contributed by atoms with Crippen LogP contribution < -0.4 is 9.46 Å². The number of sulfonamides is 1. The molecule has 1 amide bonds. The number of carbonyl (C=O) groups is 1. The molecular formula is C30H35FN2O4S. The number of nitrogens with zero attached hydrogens (tertiary/aromatic N) is 1. The fourth-order valence-electron chi connectivity index (χ4n) is 5.20. The fraction of sp³-hybridized carbons (Fsp3) is 0.367. The molecule has 1 aliphatic carbocycles. The van der Waals surface area contributed by atoms with Crippen molar-refractivity contribution in [1.29, 1.82) is 0 Å². The van der Waals surface area contributed by atoms with Crippen molar-refractivity contribution >= 4 is 15.9 Å². The van der Waals surface area contributed by atoms with Gasteiger partial charge in [-0.2, -0.15) is 0 Å². The highest BCUT2D eigenvalue weighted by atomic mass is 32.2. The second-order valence-corrected chi connectivity index (χ2v) is 12.7. The van der Waals surface area contributed by atoms with Gasteiger partial charge in [0.05, 0.1) is 24.0 Å². The zero-order valence-electron chi connectivity index (χ0n) is 21.7. The van der Waals surface area contributed by atoms with Crippen molar-refractivity contribution in [2.75, 3.05) is 25.4 Å². The molecule has 0 spiro atoms. The molecule has 1 saturated carbocycles. The lowest BCUT2D eigenvalue weighted by Crippen LogP contribution is -2.58. The van der Waals surface area contributed by atoms with Crippen molar-refractivity contribution < 1.29 is 23.8 Å². The quantitative estimate of drug-likeness (QED) is 0.368. The topological polar surface area (TPSA) is 75.7 Å². The van der Waals surface area contributed by atoms with Gasteiger partial charge in [0.2, 0.25) is 10.0 Å². The molecule has 0 aromatic heterocycles. The molecule has 3 aromatic carbocycles. The number of amides is 1. The number of nitrogens with one attached hydrogen (secondary N) is 1. The summed E-state index contributed by atoms with van der Waals surface area (Å²) in [6, 6.07) is 23.7. The number of halogens is 1. The third kappa shape index (κ3) is 5.76. The number of ether oxygens (including phenoxy) is 1. The number of likely N-dealkylation sites (tertiary alicyclic amines) is 1. The molecule has 0 bridgehead atoms. The van der Waals surface area contributed by atoms with Crippen LogP contribution in [0.1, 0.15) is 67.1 Å². The number of carbonyl (C=O) groups excluding carboxylic acids is 1. The van der Waals surface area contributed by atoms with E-state index < -0.39 is 21.7 Å². The molecule has 38 heavy (non-hydrogen) atoms. The normalized spacial score (nSPS) is 17.2. The van der Waals surface area contributed by atoms with Crippen LogP contribution in [0.2, 0.25) is 0 Å². The summed E-state index contributed by atoms with van der Waals surface area (Å²) in [5.41, 5.74) is 2.84. The van der Waals surface area contributed by atoms with Gasteiger partial charge >= 0.3 is 0 Å². The molecule has 2 fully saturated rings. The highest BCUT2D eigenvalue weighted by Crippen LogP contribution is 2.46. The van der Waals surface area contributed by atoms with Crippen LogP contribution in [-0.2, 0) is 10.0 Å². The van der Waals surface area contributed by atoms with Crippen LogP contribution >= 0.6 is 0 Å². The predicted octanol–water partition coefficient (Wildman–Crippen LogP) is 5.52. The Morgan fingerprint density at radius 2 is 1.66 bits per heavy atom. The van der Waals surface area contributed by atoms with Gasteiger partial charge in [0.25, 0.3) is 5.91 Å². The smallest absolute Gasteiger partial charge is 0.267 e. The Morgan fingerprint density at radius 3 is 2.18 bits per heavy atom. The van der Waals surface area contributed by atoms with Crippen molar-refractivity contribution in [1.82, 2.24) is 9.62 Å². The van der Waals surface area contributed by atoms with E-state index in [1.165, 1.54) is 30.2 Å². The molecule has 2 aliphatic rings. The van der Waals surface area contributed by atoms with E-state index in [1.807, 2.05) is 16.9 Å². The minimum Gasteiger partial charge on any atom is -0.493 e. The van der Waals surface area contributed by atoms with Gasteiger partial charge < -0.3 is 4.74 Å². The summed E-state index contributed by atoms with van der Waals surface area (Å²) in [6.07, 6.45) is 1.86. The summed E-state index contributed by atoms with van der Waals surface area (Å²) in [5.74, 6) is -1.38. The molecule has 5 rings (SSSR count). The van der Waals surface area contributed by atoms with Gasteiger partial charge in [0, 0.05) is 26.0 Å². The maximum absolute atomic E-state index is 15.0. The molecule has 3 aromatic rings. The first-order valence-corrected chi connectivity index (χ1v) is 14.7. The Labute approximate surface area is 225 Å². The van der Waals surface area contributed by atoms with Crippen LogP contribution in [0.4, 0.5) is 4.39 Å². The SMILES string of the molecule is CCS(=O)(=O)NC(=O)c1cc(C2CC2)c(OCC2(C)CN(C(c3ccccc3)c3ccccc3)C2)cc1F.[HH]. The van der Waals surface area contributed by atoms with Crippen LogP contribution in [0.5, 0.6) is 5.75 Å². The molecule has 1 heterocycles. The van der Waals surface area contributed by atoms with Gasteiger partial charge in [-0.3, -0.25) is 9.69 Å². The van der Waals surface area contributed by atoms with Crippen molar-refractivity contribution in [2.24, 2.45) is 5.41 Å². The van der Waals surface area contributed by atoms with Crippen molar-refractivity contribution in [3.05, 3.63) is 101 Å². The Hall–Kier alpha value is -3.23. The summed E-state index contributed by atoms with van der Waals surface area (Å²) >= 11 is 0. The van der Waals surface area contributed by atoms with Gasteiger partial charge in [-0.15, -0.1) is 0 Å². The van der Waals surface area contributed by atoms with Crippen molar-refractivity contribution in [3.8, 4) is 5.75 Å². The Bertz CT molecular complexity index is 1370. The van der Waals surface area contributed by atoms with Crippen LogP contribution in [0.15, 0.2) is 72.8 Å². The van der Waals surface area contributed by atoms with E-state index in [1.54, 1.807) is 0 Å². The van der Waals surface area contributed by atoms with E-state index in [0.29, 0.717) is 12.4 Å². The number of hydrogen-bond donors (Lipinski definition) is 1. The second-order valence-electron chi connectivity index (χ2n) is 10.7. The molecule has 1 saturated heterocycles. The highest BCUT2D eigenvalue weighted by molar-refractivity contribution is 7.90. The lowest BCUT2D eigenvalue weighted by Gasteiger charge is -2.51. The molecule has 1 N–H and O–H groups in total. The van der Waals surface area contributed by atoms with Crippen molar-refractivity contribution in [2.45, 2.75) is 38.6 Å². The standard InChI is InChI=1S/C30H33FN2O4S.H2/c1-3-38(35,36)32-29(34)25-16-24(21-14-15-21)27(17-26(25)31)37-20-30(2)18-33(19-30)28(22-10-6-4-7-11-22)23-12-8-5-9-13-23;/h4-13,16-17,21,28H,3,14-15,18-20H2,1-2H3,(H,32,34);1H. The van der Waals surface area contributed by atoms with Crippen LogP contribution in [0, 0.1) is 11.2 Å². The van der Waals surface area contributed by atoms with E-state index in [-0.39, 0.29) is 30.1 Å². The number of benzene rings is 3.